The number of nitrogens with one attached hydrogen (secondary N) is 2. The van der Waals surface area contributed by atoms with Gasteiger partial charge < -0.3 is 10.6 Å². The Morgan fingerprint density at radius 1 is 0.950 bits per heavy atom. The van der Waals surface area contributed by atoms with Crippen LogP contribution < -0.4 is 10.6 Å². The minimum Gasteiger partial charge on any atom is -0.343 e. The minimum atomic E-state index is -0.375. The number of rotatable bonds is 4. The lowest BCUT2D eigenvalue weighted by molar-refractivity contribution is -0.115. The summed E-state index contributed by atoms with van der Waals surface area (Å²) in [4.78, 5) is 23.3. The Morgan fingerprint density at radius 2 is 1.60 bits per heavy atom. The SMILES string of the molecule is O=C(CNC(=O)c1ccccc1)Nc1ccc(F)cc1. The summed E-state index contributed by atoms with van der Waals surface area (Å²) in [5, 5.41) is 5.06. The molecule has 0 aromatic heterocycles. The summed E-state index contributed by atoms with van der Waals surface area (Å²) < 4.78 is 12.7. The second kappa shape index (κ2) is 6.47. The molecule has 0 unspecified atom stereocenters. The van der Waals surface area contributed by atoms with Crippen molar-refractivity contribution in [1.29, 1.82) is 0 Å². The Labute approximate surface area is 115 Å². The fourth-order valence-corrected chi connectivity index (χ4v) is 1.59. The van der Waals surface area contributed by atoms with E-state index in [0.717, 1.165) is 0 Å². The van der Waals surface area contributed by atoms with Gasteiger partial charge in [-0.15, -0.1) is 0 Å². The van der Waals surface area contributed by atoms with Gasteiger partial charge in [0.1, 0.15) is 5.82 Å². The normalized spacial score (nSPS) is 9.85. The Balaban J connectivity index is 1.83. The first-order valence-corrected chi connectivity index (χ1v) is 6.04. The standard InChI is InChI=1S/C15H13FN2O2/c16-12-6-8-13(9-7-12)18-14(19)10-17-15(20)11-4-2-1-3-5-11/h1-9H,10H2,(H,17,20)(H,18,19). The summed E-state index contributed by atoms with van der Waals surface area (Å²) in [6.07, 6.45) is 0. The fourth-order valence-electron chi connectivity index (χ4n) is 1.59. The zero-order valence-electron chi connectivity index (χ0n) is 10.6. The van der Waals surface area contributed by atoms with Crippen LogP contribution in [0.2, 0.25) is 0 Å². The number of halogens is 1. The Hall–Kier alpha value is -2.69. The molecular formula is C15H13FN2O2. The zero-order chi connectivity index (χ0) is 14.4. The van der Waals surface area contributed by atoms with Gasteiger partial charge in [0.25, 0.3) is 5.91 Å². The van der Waals surface area contributed by atoms with Gasteiger partial charge in [-0.3, -0.25) is 9.59 Å². The van der Waals surface area contributed by atoms with Crippen molar-refractivity contribution >= 4 is 17.5 Å². The van der Waals surface area contributed by atoms with Crippen LogP contribution in [0.1, 0.15) is 10.4 Å². The first kappa shape index (κ1) is 13.7. The number of hydrogen-bond acceptors (Lipinski definition) is 2. The third-order valence-corrected chi connectivity index (χ3v) is 2.57. The van der Waals surface area contributed by atoms with E-state index in [-0.39, 0.29) is 24.2 Å². The number of hydrogen-bond donors (Lipinski definition) is 2. The lowest BCUT2D eigenvalue weighted by atomic mass is 10.2. The average molecular weight is 272 g/mol. The number of amides is 2. The van der Waals surface area contributed by atoms with Gasteiger partial charge in [0.05, 0.1) is 6.54 Å². The molecule has 0 saturated carbocycles. The predicted molar refractivity (Wildman–Crippen MR) is 73.8 cm³/mol. The van der Waals surface area contributed by atoms with Gasteiger partial charge in [0.15, 0.2) is 0 Å². The molecule has 2 aromatic rings. The quantitative estimate of drug-likeness (QED) is 0.896. The maximum Gasteiger partial charge on any atom is 0.251 e. The molecule has 0 aliphatic heterocycles. The molecule has 2 amide bonds. The highest BCUT2D eigenvalue weighted by Gasteiger charge is 2.07. The molecule has 102 valence electrons. The molecule has 0 heterocycles. The van der Waals surface area contributed by atoms with Crippen molar-refractivity contribution in [2.45, 2.75) is 0 Å². The van der Waals surface area contributed by atoms with Crippen LogP contribution in [-0.4, -0.2) is 18.4 Å². The Bertz CT molecular complexity index is 597. The molecule has 2 aromatic carbocycles. The number of carbonyl (C=O) groups excluding carboxylic acids is 2. The predicted octanol–water partition coefficient (Wildman–Crippen LogP) is 2.19. The van der Waals surface area contributed by atoms with Gasteiger partial charge in [0.2, 0.25) is 5.91 Å². The monoisotopic (exact) mass is 272 g/mol. The van der Waals surface area contributed by atoms with Crippen LogP contribution in [0.15, 0.2) is 54.6 Å². The summed E-state index contributed by atoms with van der Waals surface area (Å²) in [5.74, 6) is -1.07. The van der Waals surface area contributed by atoms with E-state index in [9.17, 15) is 14.0 Å². The van der Waals surface area contributed by atoms with Crippen LogP contribution in [0.4, 0.5) is 10.1 Å². The lowest BCUT2D eigenvalue weighted by Gasteiger charge is -2.07. The molecule has 0 aliphatic rings. The summed E-state index contributed by atoms with van der Waals surface area (Å²) in [5.41, 5.74) is 0.965. The van der Waals surface area contributed by atoms with Gasteiger partial charge in [-0.25, -0.2) is 4.39 Å². The van der Waals surface area contributed by atoms with Gasteiger partial charge in [0, 0.05) is 11.3 Å². The summed E-state index contributed by atoms with van der Waals surface area (Å²) in [6.45, 7) is -0.148. The van der Waals surface area contributed by atoms with E-state index in [1.54, 1.807) is 30.3 Å². The van der Waals surface area contributed by atoms with Gasteiger partial charge in [-0.2, -0.15) is 0 Å². The van der Waals surface area contributed by atoms with E-state index in [2.05, 4.69) is 10.6 Å². The zero-order valence-corrected chi connectivity index (χ0v) is 10.6. The van der Waals surface area contributed by atoms with Crippen molar-refractivity contribution in [2.24, 2.45) is 0 Å². The van der Waals surface area contributed by atoms with E-state index in [1.807, 2.05) is 0 Å². The molecule has 2 rings (SSSR count). The molecule has 4 nitrogen and oxygen atoms in total. The molecule has 0 aliphatic carbocycles. The molecule has 0 bridgehead atoms. The van der Waals surface area contributed by atoms with Crippen molar-refractivity contribution in [3.63, 3.8) is 0 Å². The molecule has 2 N–H and O–H groups in total. The van der Waals surface area contributed by atoms with Crippen molar-refractivity contribution < 1.29 is 14.0 Å². The van der Waals surface area contributed by atoms with Gasteiger partial charge in [-0.1, -0.05) is 18.2 Å². The number of anilines is 1. The van der Waals surface area contributed by atoms with Gasteiger partial charge in [-0.05, 0) is 36.4 Å². The number of benzene rings is 2. The largest absolute Gasteiger partial charge is 0.343 e. The van der Waals surface area contributed by atoms with Crippen LogP contribution in [0.5, 0.6) is 0 Å². The third-order valence-electron chi connectivity index (χ3n) is 2.57. The maximum atomic E-state index is 12.7. The van der Waals surface area contributed by atoms with Crippen LogP contribution in [0.25, 0.3) is 0 Å². The smallest absolute Gasteiger partial charge is 0.251 e. The summed E-state index contributed by atoms with van der Waals surface area (Å²) in [7, 11) is 0. The second-order valence-corrected chi connectivity index (χ2v) is 4.10. The first-order chi connectivity index (χ1) is 9.65. The highest BCUT2D eigenvalue weighted by Crippen LogP contribution is 2.07. The molecule has 0 atom stereocenters. The molecular weight excluding hydrogens is 259 g/mol. The number of carbonyl (C=O) groups is 2. The average Bonchev–Trinajstić information content (AvgIpc) is 2.48. The van der Waals surface area contributed by atoms with Crippen LogP contribution >= 0.6 is 0 Å². The van der Waals surface area contributed by atoms with Crippen molar-refractivity contribution in [3.8, 4) is 0 Å². The fraction of sp³-hybridized carbons (Fsp3) is 0.0667. The van der Waals surface area contributed by atoms with E-state index in [0.29, 0.717) is 11.3 Å². The van der Waals surface area contributed by atoms with E-state index in [4.69, 9.17) is 0 Å². The lowest BCUT2D eigenvalue weighted by Crippen LogP contribution is -2.32. The minimum absolute atomic E-state index is 0.148. The van der Waals surface area contributed by atoms with Gasteiger partial charge >= 0.3 is 0 Å². The molecule has 0 fully saturated rings. The Kier molecular flexibility index (Phi) is 4.44. The van der Waals surface area contributed by atoms with Crippen molar-refractivity contribution in [1.82, 2.24) is 5.32 Å². The highest BCUT2D eigenvalue weighted by molar-refractivity contribution is 5.99. The van der Waals surface area contributed by atoms with Crippen LogP contribution in [0.3, 0.4) is 0 Å². The van der Waals surface area contributed by atoms with E-state index >= 15 is 0 Å². The highest BCUT2D eigenvalue weighted by atomic mass is 19.1. The molecule has 0 radical (unpaired) electrons. The molecule has 0 spiro atoms. The second-order valence-electron chi connectivity index (χ2n) is 4.10. The Morgan fingerprint density at radius 3 is 2.25 bits per heavy atom. The maximum absolute atomic E-state index is 12.7. The molecule has 5 heteroatoms. The summed E-state index contributed by atoms with van der Waals surface area (Å²) >= 11 is 0. The molecule has 20 heavy (non-hydrogen) atoms. The topological polar surface area (TPSA) is 58.2 Å². The van der Waals surface area contributed by atoms with Crippen LogP contribution in [0, 0.1) is 5.82 Å². The van der Waals surface area contributed by atoms with Crippen molar-refractivity contribution in [3.05, 3.63) is 66.0 Å². The third kappa shape index (κ3) is 3.91. The summed E-state index contributed by atoms with van der Waals surface area (Å²) in [6, 6.07) is 14.0. The first-order valence-electron chi connectivity index (χ1n) is 6.04. The van der Waals surface area contributed by atoms with Crippen molar-refractivity contribution in [2.75, 3.05) is 11.9 Å². The van der Waals surface area contributed by atoms with E-state index in [1.165, 1.54) is 24.3 Å². The molecule has 0 saturated heterocycles. The van der Waals surface area contributed by atoms with E-state index < -0.39 is 0 Å². The van der Waals surface area contributed by atoms with Crippen LogP contribution in [-0.2, 0) is 4.79 Å².